The van der Waals surface area contributed by atoms with E-state index in [1.165, 1.54) is 18.3 Å². The van der Waals surface area contributed by atoms with Gasteiger partial charge >= 0.3 is 0 Å². The third-order valence-corrected chi connectivity index (χ3v) is 5.73. The number of aromatic nitrogens is 2. The number of anilines is 2. The number of hydrogen-bond donors (Lipinski definition) is 1. The highest BCUT2D eigenvalue weighted by molar-refractivity contribution is 7.19. The molecule has 12 heteroatoms. The first-order chi connectivity index (χ1) is 13.8. The largest absolute Gasteiger partial charge is 0.454 e. The first-order valence-electron chi connectivity index (χ1n) is 9.17. The molecule has 2 aliphatic heterocycles. The zero-order chi connectivity index (χ0) is 20.6. The maximum atomic E-state index is 11.2. The molecular weight excluding hydrogens is 387 g/mol. The molecule has 1 fully saturated rings. The summed E-state index contributed by atoms with van der Waals surface area (Å²) in [5, 5.41) is 10.6. The Labute approximate surface area is 177 Å². The van der Waals surface area contributed by atoms with Gasteiger partial charge in [-0.2, -0.15) is 0 Å². The van der Waals surface area contributed by atoms with Gasteiger partial charge in [-0.25, -0.2) is 0 Å². The van der Waals surface area contributed by atoms with Crippen molar-refractivity contribution in [3.8, 4) is 11.5 Å². The van der Waals surface area contributed by atoms with Gasteiger partial charge < -0.3 is 19.7 Å². The van der Waals surface area contributed by atoms with Crippen LogP contribution in [0.4, 0.5) is 10.3 Å². The van der Waals surface area contributed by atoms with E-state index in [4.69, 9.17) is 33.0 Å². The second-order valence-electron chi connectivity index (χ2n) is 7.11. The Hall–Kier alpha value is -2.20. The molecule has 1 amide bonds. The molecule has 8 nitrogen and oxygen atoms in total. The summed E-state index contributed by atoms with van der Waals surface area (Å²) >= 11 is 1.34. The molecule has 1 atom stereocenters. The second kappa shape index (κ2) is 7.91. The molecule has 0 spiro atoms. The van der Waals surface area contributed by atoms with Crippen molar-refractivity contribution >= 4 is 51.0 Å². The van der Waals surface area contributed by atoms with Crippen LogP contribution in [0.2, 0.25) is 5.11 Å². The Kier molecular flexibility index (Phi) is 5.48. The number of ether oxygens (including phenoxy) is 2. The number of carbonyl (C=O) groups excluding carboxylic acids is 1. The number of nitrogens with zero attached hydrogens (tertiary/aromatic N) is 4. The van der Waals surface area contributed by atoms with Crippen molar-refractivity contribution in [1.29, 1.82) is 0 Å². The molecule has 0 aliphatic carbocycles. The first kappa shape index (κ1) is 20.1. The third-order valence-electron chi connectivity index (χ3n) is 4.83. The van der Waals surface area contributed by atoms with Crippen molar-refractivity contribution in [2.75, 3.05) is 43.2 Å². The summed E-state index contributed by atoms with van der Waals surface area (Å²) in [6, 6.07) is 5.24. The van der Waals surface area contributed by atoms with Gasteiger partial charge in [-0.05, 0) is 17.7 Å². The lowest BCUT2D eigenvalue weighted by Gasteiger charge is -2.45. The van der Waals surface area contributed by atoms with Crippen LogP contribution in [-0.2, 0) is 4.79 Å². The van der Waals surface area contributed by atoms with E-state index in [9.17, 15) is 4.79 Å². The fraction of sp³-hybridized carbons (Fsp3) is 0.471. The molecule has 0 saturated carbocycles. The number of benzene rings is 1. The van der Waals surface area contributed by atoms with Crippen molar-refractivity contribution in [2.45, 2.75) is 18.1 Å². The number of hydrogen-bond acceptors (Lipinski definition) is 8. The molecule has 2 aliphatic rings. The van der Waals surface area contributed by atoms with E-state index in [2.05, 4.69) is 25.3 Å². The van der Waals surface area contributed by atoms with Crippen LogP contribution >= 0.6 is 11.3 Å². The minimum Gasteiger partial charge on any atom is -0.454 e. The highest BCUT2D eigenvalue weighted by Gasteiger charge is 2.34. The van der Waals surface area contributed by atoms with Gasteiger partial charge in [0.05, 0.1) is 23.5 Å². The van der Waals surface area contributed by atoms with Crippen LogP contribution in [0.1, 0.15) is 18.5 Å². The first-order valence-corrected chi connectivity index (χ1v) is 9.99. The molecule has 1 saturated heterocycles. The van der Waals surface area contributed by atoms with Crippen LogP contribution in [0.3, 0.4) is 0 Å². The van der Waals surface area contributed by atoms with Gasteiger partial charge in [-0.1, -0.05) is 17.4 Å². The number of fused-ring (bicyclic) bond motifs is 1. The molecule has 1 N–H and O–H groups in total. The highest BCUT2D eigenvalue weighted by atomic mass is 32.1. The van der Waals surface area contributed by atoms with Crippen LogP contribution in [0.5, 0.6) is 11.5 Å². The van der Waals surface area contributed by atoms with Gasteiger partial charge in [0.15, 0.2) is 11.5 Å². The van der Waals surface area contributed by atoms with Gasteiger partial charge in [-0.3, -0.25) is 9.69 Å². The van der Waals surface area contributed by atoms with Crippen LogP contribution in [0.25, 0.3) is 0 Å². The molecular formula is C17H18B3N5O3S. The van der Waals surface area contributed by atoms with Gasteiger partial charge in [0.1, 0.15) is 0 Å². The molecule has 1 aromatic carbocycles. The van der Waals surface area contributed by atoms with E-state index < -0.39 is 11.2 Å². The smallest absolute Gasteiger partial charge is 0.231 e. The molecule has 29 heavy (non-hydrogen) atoms. The Bertz CT molecular complexity index is 899. The topological polar surface area (TPSA) is 79.8 Å². The molecule has 1 unspecified atom stereocenters. The molecule has 4 rings (SSSR count). The van der Waals surface area contributed by atoms with E-state index >= 15 is 0 Å². The molecule has 144 valence electrons. The maximum Gasteiger partial charge on any atom is 0.231 e. The van der Waals surface area contributed by atoms with Crippen LogP contribution in [-0.4, -0.2) is 77.5 Å². The average molecular weight is 405 g/mol. The monoisotopic (exact) mass is 405 g/mol. The summed E-state index contributed by atoms with van der Waals surface area (Å²) in [7, 11) is 18.5. The SMILES string of the molecule is [B]C([B])([B])C(c1ccc2c(c1)OCO2)N1CCN(c2nnc(NC(C)=O)s2)CC1. The predicted molar refractivity (Wildman–Crippen MR) is 113 cm³/mol. The van der Waals surface area contributed by atoms with Gasteiger partial charge in [0.2, 0.25) is 23.0 Å². The third kappa shape index (κ3) is 4.38. The van der Waals surface area contributed by atoms with Crippen molar-refractivity contribution < 1.29 is 14.3 Å². The Morgan fingerprint density at radius 3 is 2.59 bits per heavy atom. The summed E-state index contributed by atoms with van der Waals surface area (Å²) in [5.74, 6) is 1.18. The number of nitrogens with one attached hydrogen (secondary N) is 1. The minimum absolute atomic E-state index is 0.172. The normalized spacial score (nSPS) is 17.9. The lowest BCUT2D eigenvalue weighted by Crippen LogP contribution is -2.50. The molecule has 1 aromatic heterocycles. The molecule has 3 heterocycles. The molecule has 0 bridgehead atoms. The second-order valence-corrected chi connectivity index (χ2v) is 8.07. The standard InChI is InChI=1S/C17H18B3N5O3S/c1-10(26)21-15-22-23-16(29-15)25-6-4-24(5-7-25)14(17(18,19)20)11-2-3-12-13(8-11)28-9-27-12/h2-3,8,14H,4-7,9H2,1H3,(H,21,22,26). The van der Waals surface area contributed by atoms with E-state index in [0.29, 0.717) is 42.8 Å². The minimum atomic E-state index is -1.43. The fourth-order valence-corrected chi connectivity index (χ4v) is 4.46. The van der Waals surface area contributed by atoms with Crippen LogP contribution in [0.15, 0.2) is 18.2 Å². The van der Waals surface area contributed by atoms with E-state index in [0.717, 1.165) is 10.7 Å². The molecule has 6 radical (unpaired) electrons. The lowest BCUT2D eigenvalue weighted by molar-refractivity contribution is -0.114. The Morgan fingerprint density at radius 1 is 1.17 bits per heavy atom. The van der Waals surface area contributed by atoms with Crippen LogP contribution in [0, 0.1) is 0 Å². The Morgan fingerprint density at radius 2 is 1.90 bits per heavy atom. The van der Waals surface area contributed by atoms with Crippen molar-refractivity contribution in [2.24, 2.45) is 0 Å². The summed E-state index contributed by atoms with van der Waals surface area (Å²) in [4.78, 5) is 15.4. The summed E-state index contributed by atoms with van der Waals surface area (Å²) in [5.41, 5.74) is 0.874. The predicted octanol–water partition coefficient (Wildman–Crippen LogP) is 0.668. The highest BCUT2D eigenvalue weighted by Crippen LogP contribution is 2.42. The zero-order valence-corrected chi connectivity index (χ0v) is 16.8. The Balaban J connectivity index is 1.47. The van der Waals surface area contributed by atoms with E-state index in [-0.39, 0.29) is 12.7 Å². The molecule has 2 aromatic rings. The van der Waals surface area contributed by atoms with Crippen molar-refractivity contribution in [1.82, 2.24) is 15.1 Å². The fourth-order valence-electron chi connectivity index (χ4n) is 3.61. The number of rotatable bonds is 5. The number of carbonyl (C=O) groups is 1. The van der Waals surface area contributed by atoms with Gasteiger partial charge in [0, 0.05) is 39.1 Å². The summed E-state index contributed by atoms with van der Waals surface area (Å²) < 4.78 is 10.9. The zero-order valence-electron chi connectivity index (χ0n) is 16.0. The average Bonchev–Trinajstić information content (AvgIpc) is 3.30. The van der Waals surface area contributed by atoms with E-state index in [1.54, 1.807) is 0 Å². The number of amides is 1. The van der Waals surface area contributed by atoms with Gasteiger partial charge in [-0.15, -0.1) is 15.3 Å². The van der Waals surface area contributed by atoms with Crippen LogP contribution < -0.4 is 19.7 Å². The van der Waals surface area contributed by atoms with Gasteiger partial charge in [0.25, 0.3) is 0 Å². The number of piperazine rings is 1. The maximum absolute atomic E-state index is 11.2. The van der Waals surface area contributed by atoms with E-state index in [1.807, 2.05) is 18.2 Å². The summed E-state index contributed by atoms with van der Waals surface area (Å²) in [6.07, 6.45) is 0. The summed E-state index contributed by atoms with van der Waals surface area (Å²) in [6.45, 7) is 4.40. The van der Waals surface area contributed by atoms with Crippen molar-refractivity contribution in [3.05, 3.63) is 23.8 Å². The quantitative estimate of drug-likeness (QED) is 0.733. The van der Waals surface area contributed by atoms with Crippen molar-refractivity contribution in [3.63, 3.8) is 0 Å². The lowest BCUT2D eigenvalue weighted by atomic mass is 9.38.